The number of hydrogen-bond acceptors (Lipinski definition) is 4. The second-order valence-corrected chi connectivity index (χ2v) is 10.7. The van der Waals surface area contributed by atoms with Crippen LogP contribution < -0.4 is 0 Å². The molecule has 152 valence electrons. The van der Waals surface area contributed by atoms with Crippen LogP contribution in [-0.2, 0) is 4.74 Å². The number of ether oxygens (including phenoxy) is 1. The standard InChI is InChI=1S/C23H36O4/c1-21-8-5-16(26)11-15(21)3-4-18-17(21)6-9-22(2)19(14(13-25)7-10-24)12-20-23(18,22)27-20/h7,15-20,24-26H,3-6,8-13H2,1-2H3/b14-7+/t15-,16+,17+,18-,19?,20-,21+,22-,23-/m1/s1. The van der Waals surface area contributed by atoms with E-state index in [0.717, 1.165) is 37.7 Å². The molecule has 27 heavy (non-hydrogen) atoms. The fourth-order valence-electron chi connectivity index (χ4n) is 8.66. The topological polar surface area (TPSA) is 73.2 Å². The summed E-state index contributed by atoms with van der Waals surface area (Å²) in [6.45, 7) is 4.97. The van der Waals surface area contributed by atoms with Crippen LogP contribution in [0, 0.1) is 34.5 Å². The Morgan fingerprint density at radius 3 is 2.59 bits per heavy atom. The van der Waals surface area contributed by atoms with Crippen molar-refractivity contribution in [3.8, 4) is 0 Å². The molecule has 1 aliphatic heterocycles. The number of hydrogen-bond donors (Lipinski definition) is 3. The third kappa shape index (κ3) is 2.25. The smallest absolute Gasteiger partial charge is 0.104 e. The van der Waals surface area contributed by atoms with Gasteiger partial charge in [-0.3, -0.25) is 0 Å². The first kappa shape index (κ1) is 18.6. The van der Waals surface area contributed by atoms with Crippen LogP contribution in [0.5, 0.6) is 0 Å². The molecule has 1 heterocycles. The maximum Gasteiger partial charge on any atom is 0.104 e. The molecule has 1 spiro atoms. The van der Waals surface area contributed by atoms with Gasteiger partial charge in [0.2, 0.25) is 0 Å². The van der Waals surface area contributed by atoms with Crippen LogP contribution in [0.25, 0.3) is 0 Å². The molecule has 5 aliphatic rings. The largest absolute Gasteiger partial charge is 0.393 e. The van der Waals surface area contributed by atoms with Gasteiger partial charge in [-0.25, -0.2) is 0 Å². The highest BCUT2D eigenvalue weighted by Gasteiger charge is 2.80. The van der Waals surface area contributed by atoms with E-state index < -0.39 is 0 Å². The number of fused-ring (bicyclic) bond motifs is 3. The lowest BCUT2D eigenvalue weighted by atomic mass is 9.44. The average molecular weight is 377 g/mol. The Labute approximate surface area is 163 Å². The van der Waals surface area contributed by atoms with E-state index in [-0.39, 0.29) is 30.3 Å². The molecule has 4 aliphatic carbocycles. The van der Waals surface area contributed by atoms with Crippen LogP contribution in [0.2, 0.25) is 0 Å². The molecule has 5 rings (SSSR count). The van der Waals surface area contributed by atoms with Gasteiger partial charge in [-0.05, 0) is 86.0 Å². The van der Waals surface area contributed by atoms with E-state index in [1.807, 2.05) is 6.08 Å². The average Bonchev–Trinajstić information content (AvgIpc) is 3.31. The van der Waals surface area contributed by atoms with Gasteiger partial charge in [0.25, 0.3) is 0 Å². The van der Waals surface area contributed by atoms with E-state index in [2.05, 4.69) is 13.8 Å². The van der Waals surface area contributed by atoms with Gasteiger partial charge in [-0.2, -0.15) is 0 Å². The van der Waals surface area contributed by atoms with E-state index in [1.165, 1.54) is 19.3 Å². The molecule has 4 nitrogen and oxygen atoms in total. The van der Waals surface area contributed by atoms with Gasteiger partial charge in [-0.1, -0.05) is 19.9 Å². The Morgan fingerprint density at radius 2 is 1.85 bits per heavy atom. The van der Waals surface area contributed by atoms with Crippen molar-refractivity contribution in [2.24, 2.45) is 34.5 Å². The Hall–Kier alpha value is -0.420. The zero-order valence-corrected chi connectivity index (χ0v) is 16.9. The summed E-state index contributed by atoms with van der Waals surface area (Å²) in [4.78, 5) is 0. The Kier molecular flexibility index (Phi) is 4.16. The quantitative estimate of drug-likeness (QED) is 0.523. The Bertz CT molecular complexity index is 646. The highest BCUT2D eigenvalue weighted by molar-refractivity contribution is 5.33. The lowest BCUT2D eigenvalue weighted by molar-refractivity contribution is -0.143. The Morgan fingerprint density at radius 1 is 1.04 bits per heavy atom. The van der Waals surface area contributed by atoms with Crippen LogP contribution in [0.15, 0.2) is 11.6 Å². The molecule has 1 unspecified atom stereocenters. The molecular formula is C23H36O4. The fraction of sp³-hybridized carbons (Fsp3) is 0.913. The van der Waals surface area contributed by atoms with Gasteiger partial charge in [-0.15, -0.1) is 0 Å². The van der Waals surface area contributed by atoms with E-state index in [4.69, 9.17) is 4.74 Å². The van der Waals surface area contributed by atoms with Gasteiger partial charge in [0.1, 0.15) is 5.60 Å². The van der Waals surface area contributed by atoms with Gasteiger partial charge in [0, 0.05) is 5.41 Å². The summed E-state index contributed by atoms with van der Waals surface area (Å²) in [6, 6.07) is 0. The second-order valence-electron chi connectivity index (χ2n) is 10.7. The normalized spacial score (nSPS) is 56.7. The van der Waals surface area contributed by atoms with Crippen molar-refractivity contribution >= 4 is 0 Å². The molecule has 0 aromatic heterocycles. The molecule has 0 amide bonds. The van der Waals surface area contributed by atoms with Crippen LogP contribution >= 0.6 is 0 Å². The first-order valence-corrected chi connectivity index (χ1v) is 11.2. The van der Waals surface area contributed by atoms with Gasteiger partial charge in [0.15, 0.2) is 0 Å². The summed E-state index contributed by atoms with van der Waals surface area (Å²) in [7, 11) is 0. The molecule has 9 atom stereocenters. The predicted molar refractivity (Wildman–Crippen MR) is 103 cm³/mol. The van der Waals surface area contributed by atoms with Crippen molar-refractivity contribution < 1.29 is 20.1 Å². The SMILES string of the molecule is C[C@]12CC[C@H](O)C[C@H]1CC[C@@H]1[C@@H]2CC[C@]2(C)C(/C(=C/CO)CO)C[C@H]3O[C@]132. The van der Waals surface area contributed by atoms with Gasteiger partial charge >= 0.3 is 0 Å². The number of rotatable bonds is 3. The highest BCUT2D eigenvalue weighted by atomic mass is 16.6. The molecule has 1 saturated heterocycles. The van der Waals surface area contributed by atoms with Crippen LogP contribution in [0.4, 0.5) is 0 Å². The summed E-state index contributed by atoms with van der Waals surface area (Å²) in [5, 5.41) is 29.6. The molecule has 3 N–H and O–H groups in total. The van der Waals surface area contributed by atoms with Crippen LogP contribution in [-0.4, -0.2) is 46.3 Å². The molecule has 5 fully saturated rings. The van der Waals surface area contributed by atoms with Crippen molar-refractivity contribution in [1.82, 2.24) is 0 Å². The number of aliphatic hydroxyl groups is 3. The van der Waals surface area contributed by atoms with Gasteiger partial charge in [0.05, 0.1) is 25.4 Å². The third-order valence-electron chi connectivity index (χ3n) is 10.0. The molecule has 0 aromatic carbocycles. The molecule has 4 heteroatoms. The van der Waals surface area contributed by atoms with Crippen LogP contribution in [0.1, 0.15) is 65.2 Å². The predicted octanol–water partition coefficient (Wildman–Crippen LogP) is 3.05. The fourth-order valence-corrected chi connectivity index (χ4v) is 8.66. The first-order chi connectivity index (χ1) is 12.9. The van der Waals surface area contributed by atoms with E-state index >= 15 is 0 Å². The second kappa shape index (κ2) is 6.04. The van der Waals surface area contributed by atoms with Crippen molar-refractivity contribution in [3.63, 3.8) is 0 Å². The zero-order chi connectivity index (χ0) is 19.0. The Balaban J connectivity index is 1.47. The minimum absolute atomic E-state index is 0.00561. The maximum absolute atomic E-state index is 10.2. The molecule has 0 radical (unpaired) electrons. The lowest BCUT2D eigenvalue weighted by Gasteiger charge is -2.61. The summed E-state index contributed by atoms with van der Waals surface area (Å²) in [5.41, 5.74) is 1.45. The molecule has 0 aromatic rings. The molecule has 4 saturated carbocycles. The lowest BCUT2D eigenvalue weighted by Crippen LogP contribution is -2.58. The maximum atomic E-state index is 10.2. The monoisotopic (exact) mass is 376 g/mol. The number of aliphatic hydroxyl groups excluding tert-OH is 3. The first-order valence-electron chi connectivity index (χ1n) is 11.2. The molecular weight excluding hydrogens is 340 g/mol. The van der Waals surface area contributed by atoms with E-state index in [9.17, 15) is 15.3 Å². The summed E-state index contributed by atoms with van der Waals surface area (Å²) in [6.07, 6.45) is 11.1. The molecule has 0 bridgehead atoms. The number of epoxide rings is 1. The van der Waals surface area contributed by atoms with Crippen molar-refractivity contribution in [1.29, 1.82) is 0 Å². The zero-order valence-electron chi connectivity index (χ0n) is 16.9. The minimum atomic E-state index is -0.0943. The van der Waals surface area contributed by atoms with Crippen molar-refractivity contribution in [2.45, 2.75) is 83.0 Å². The summed E-state index contributed by atoms with van der Waals surface area (Å²) < 4.78 is 6.55. The van der Waals surface area contributed by atoms with E-state index in [1.54, 1.807) is 0 Å². The van der Waals surface area contributed by atoms with Crippen LogP contribution in [0.3, 0.4) is 0 Å². The van der Waals surface area contributed by atoms with E-state index in [0.29, 0.717) is 35.2 Å². The third-order valence-corrected chi connectivity index (χ3v) is 10.0. The minimum Gasteiger partial charge on any atom is -0.393 e. The highest BCUT2D eigenvalue weighted by Crippen LogP contribution is 2.77. The summed E-state index contributed by atoms with van der Waals surface area (Å²) >= 11 is 0. The van der Waals surface area contributed by atoms with Gasteiger partial charge < -0.3 is 20.1 Å². The van der Waals surface area contributed by atoms with Crippen molar-refractivity contribution in [3.05, 3.63) is 11.6 Å². The van der Waals surface area contributed by atoms with Crippen molar-refractivity contribution in [2.75, 3.05) is 13.2 Å². The summed E-state index contributed by atoms with van der Waals surface area (Å²) in [5.74, 6) is 2.34.